The Kier molecular flexibility index (Phi) is 4.97. The molecule has 26 heavy (non-hydrogen) atoms. The predicted octanol–water partition coefficient (Wildman–Crippen LogP) is 1.99. The average molecular weight is 354 g/mol. The van der Waals surface area contributed by atoms with E-state index in [-0.39, 0.29) is 5.91 Å². The van der Waals surface area contributed by atoms with Crippen molar-refractivity contribution in [1.82, 2.24) is 30.0 Å². The zero-order valence-corrected chi connectivity index (χ0v) is 15.3. The number of amides is 1. The number of nitrogens with zero attached hydrogens (tertiary/aromatic N) is 5. The number of likely N-dealkylation sites (tertiary alicyclic amines) is 2. The highest BCUT2D eigenvalue weighted by Crippen LogP contribution is 2.29. The standard InChI is InChI=1S/C19H26N6O/c1-14-21-18(23-22-14)15-4-10-24(11-5-15)17-6-12-25(13-7-17)19(26)16-2-8-20-9-3-16/h2-3,8-9,15,17H,4-7,10-13H2,1H3,(H,21,22,23). The third-order valence-electron chi connectivity index (χ3n) is 5.70. The van der Waals surface area contributed by atoms with Crippen LogP contribution in [0.1, 0.15) is 53.6 Å². The van der Waals surface area contributed by atoms with Crippen molar-refractivity contribution >= 4 is 5.91 Å². The van der Waals surface area contributed by atoms with Crippen LogP contribution < -0.4 is 0 Å². The summed E-state index contributed by atoms with van der Waals surface area (Å²) in [6.45, 7) is 5.83. The van der Waals surface area contributed by atoms with E-state index in [1.54, 1.807) is 24.5 Å². The number of piperidine rings is 2. The van der Waals surface area contributed by atoms with Crippen molar-refractivity contribution in [3.63, 3.8) is 0 Å². The van der Waals surface area contributed by atoms with E-state index >= 15 is 0 Å². The van der Waals surface area contributed by atoms with E-state index in [2.05, 4.69) is 25.1 Å². The Bertz CT molecular complexity index is 729. The first-order valence-corrected chi connectivity index (χ1v) is 9.53. The quantitative estimate of drug-likeness (QED) is 0.912. The van der Waals surface area contributed by atoms with Gasteiger partial charge in [0.15, 0.2) is 5.82 Å². The van der Waals surface area contributed by atoms with Gasteiger partial charge in [-0.05, 0) is 57.8 Å². The third kappa shape index (κ3) is 3.62. The summed E-state index contributed by atoms with van der Waals surface area (Å²) < 4.78 is 0. The monoisotopic (exact) mass is 354 g/mol. The Hall–Kier alpha value is -2.28. The zero-order chi connectivity index (χ0) is 17.9. The molecule has 2 saturated heterocycles. The van der Waals surface area contributed by atoms with Crippen molar-refractivity contribution in [1.29, 1.82) is 0 Å². The molecule has 4 heterocycles. The smallest absolute Gasteiger partial charge is 0.253 e. The van der Waals surface area contributed by atoms with Crippen LogP contribution in [0.25, 0.3) is 0 Å². The molecule has 0 radical (unpaired) electrons. The molecule has 0 saturated carbocycles. The van der Waals surface area contributed by atoms with Crippen LogP contribution in [0.2, 0.25) is 0 Å². The molecule has 138 valence electrons. The summed E-state index contributed by atoms with van der Waals surface area (Å²) in [5.41, 5.74) is 0.737. The minimum Gasteiger partial charge on any atom is -0.339 e. The highest BCUT2D eigenvalue weighted by molar-refractivity contribution is 5.94. The molecule has 7 nitrogen and oxygen atoms in total. The first kappa shape index (κ1) is 17.1. The van der Waals surface area contributed by atoms with Crippen LogP contribution in [0.3, 0.4) is 0 Å². The number of hydrogen-bond donors (Lipinski definition) is 1. The second kappa shape index (κ2) is 7.53. The maximum Gasteiger partial charge on any atom is 0.253 e. The lowest BCUT2D eigenvalue weighted by molar-refractivity contribution is 0.0576. The van der Waals surface area contributed by atoms with Gasteiger partial charge in [-0.25, -0.2) is 4.98 Å². The van der Waals surface area contributed by atoms with E-state index in [1.807, 2.05) is 11.8 Å². The van der Waals surface area contributed by atoms with Gasteiger partial charge in [-0.2, -0.15) is 5.10 Å². The van der Waals surface area contributed by atoms with Crippen LogP contribution in [-0.2, 0) is 0 Å². The molecule has 0 aliphatic carbocycles. The van der Waals surface area contributed by atoms with E-state index in [1.165, 1.54) is 0 Å². The van der Waals surface area contributed by atoms with Crippen LogP contribution >= 0.6 is 0 Å². The molecule has 0 spiro atoms. The molecule has 1 amide bonds. The Morgan fingerprint density at radius 3 is 2.38 bits per heavy atom. The van der Waals surface area contributed by atoms with Crippen LogP contribution in [-0.4, -0.2) is 68.1 Å². The van der Waals surface area contributed by atoms with Gasteiger partial charge in [-0.3, -0.25) is 14.9 Å². The van der Waals surface area contributed by atoms with Crippen molar-refractivity contribution in [2.24, 2.45) is 0 Å². The van der Waals surface area contributed by atoms with Gasteiger partial charge in [0.2, 0.25) is 0 Å². The highest BCUT2D eigenvalue weighted by Gasteiger charge is 2.31. The van der Waals surface area contributed by atoms with E-state index in [4.69, 9.17) is 0 Å². The fraction of sp³-hybridized carbons (Fsp3) is 0.579. The number of aromatic amines is 1. The van der Waals surface area contributed by atoms with Crippen molar-refractivity contribution in [2.75, 3.05) is 26.2 Å². The topological polar surface area (TPSA) is 78.0 Å². The fourth-order valence-corrected chi connectivity index (χ4v) is 4.18. The molecule has 2 aliphatic rings. The molecule has 2 aliphatic heterocycles. The SMILES string of the molecule is Cc1nc(C2CCN(C3CCN(C(=O)c4ccncc4)CC3)CC2)n[nH]1. The van der Waals surface area contributed by atoms with Gasteiger partial charge in [-0.15, -0.1) is 0 Å². The van der Waals surface area contributed by atoms with Crippen LogP contribution in [0.15, 0.2) is 24.5 Å². The normalized spacial score (nSPS) is 20.4. The lowest BCUT2D eigenvalue weighted by Crippen LogP contribution is -2.48. The van der Waals surface area contributed by atoms with Crippen molar-refractivity contribution in [3.05, 3.63) is 41.7 Å². The van der Waals surface area contributed by atoms with Crippen molar-refractivity contribution < 1.29 is 4.79 Å². The summed E-state index contributed by atoms with van der Waals surface area (Å²) in [6.07, 6.45) is 7.71. The number of aryl methyl sites for hydroxylation is 1. The first-order valence-electron chi connectivity index (χ1n) is 9.53. The Labute approximate surface area is 153 Å². The zero-order valence-electron chi connectivity index (χ0n) is 15.3. The van der Waals surface area contributed by atoms with E-state index < -0.39 is 0 Å². The molecule has 2 fully saturated rings. The highest BCUT2D eigenvalue weighted by atomic mass is 16.2. The summed E-state index contributed by atoms with van der Waals surface area (Å²) in [4.78, 5) is 25.6. The summed E-state index contributed by atoms with van der Waals surface area (Å²) in [7, 11) is 0. The van der Waals surface area contributed by atoms with Crippen molar-refractivity contribution in [2.45, 2.75) is 44.6 Å². The summed E-state index contributed by atoms with van der Waals surface area (Å²) in [5.74, 6) is 2.47. The fourth-order valence-electron chi connectivity index (χ4n) is 4.18. The third-order valence-corrected chi connectivity index (χ3v) is 5.70. The average Bonchev–Trinajstić information content (AvgIpc) is 3.15. The maximum atomic E-state index is 12.6. The number of aromatic nitrogens is 4. The van der Waals surface area contributed by atoms with Gasteiger partial charge in [0.1, 0.15) is 5.82 Å². The van der Waals surface area contributed by atoms with Crippen LogP contribution in [0.4, 0.5) is 0 Å². The first-order chi connectivity index (χ1) is 12.7. The second-order valence-corrected chi connectivity index (χ2v) is 7.35. The number of carbonyl (C=O) groups excluding carboxylic acids is 1. The molecular formula is C19H26N6O. The van der Waals surface area contributed by atoms with E-state index in [0.717, 1.165) is 69.1 Å². The molecule has 1 N–H and O–H groups in total. The Morgan fingerprint density at radius 2 is 1.77 bits per heavy atom. The molecule has 0 bridgehead atoms. The number of pyridine rings is 1. The summed E-state index contributed by atoms with van der Waals surface area (Å²) >= 11 is 0. The molecule has 4 rings (SSSR count). The molecule has 2 aromatic heterocycles. The molecular weight excluding hydrogens is 328 g/mol. The van der Waals surface area contributed by atoms with E-state index in [0.29, 0.717) is 12.0 Å². The Morgan fingerprint density at radius 1 is 1.08 bits per heavy atom. The molecule has 0 atom stereocenters. The molecule has 0 unspecified atom stereocenters. The van der Waals surface area contributed by atoms with Gasteiger partial charge < -0.3 is 9.80 Å². The number of carbonyl (C=O) groups is 1. The van der Waals surface area contributed by atoms with Crippen LogP contribution in [0, 0.1) is 6.92 Å². The molecule has 0 aromatic carbocycles. The second-order valence-electron chi connectivity index (χ2n) is 7.35. The number of H-pyrrole nitrogens is 1. The maximum absolute atomic E-state index is 12.6. The van der Waals surface area contributed by atoms with Gasteiger partial charge in [-0.1, -0.05) is 0 Å². The van der Waals surface area contributed by atoms with Gasteiger partial charge in [0.25, 0.3) is 5.91 Å². The predicted molar refractivity (Wildman–Crippen MR) is 97.8 cm³/mol. The van der Waals surface area contributed by atoms with Gasteiger partial charge in [0, 0.05) is 43.0 Å². The van der Waals surface area contributed by atoms with Gasteiger partial charge in [0.05, 0.1) is 0 Å². The minimum atomic E-state index is 0.129. The largest absolute Gasteiger partial charge is 0.339 e. The molecule has 2 aromatic rings. The van der Waals surface area contributed by atoms with Crippen LogP contribution in [0.5, 0.6) is 0 Å². The summed E-state index contributed by atoms with van der Waals surface area (Å²) in [6, 6.07) is 4.18. The van der Waals surface area contributed by atoms with E-state index in [9.17, 15) is 4.79 Å². The summed E-state index contributed by atoms with van der Waals surface area (Å²) in [5, 5.41) is 7.29. The minimum absolute atomic E-state index is 0.129. The Balaban J connectivity index is 1.27. The number of nitrogens with one attached hydrogen (secondary N) is 1. The van der Waals surface area contributed by atoms with Crippen molar-refractivity contribution in [3.8, 4) is 0 Å². The lowest BCUT2D eigenvalue weighted by atomic mass is 9.93. The number of rotatable bonds is 3. The molecule has 7 heteroatoms. The number of hydrogen-bond acceptors (Lipinski definition) is 5. The van der Waals surface area contributed by atoms with Gasteiger partial charge >= 0.3 is 0 Å². The lowest BCUT2D eigenvalue weighted by Gasteiger charge is -2.41.